The molecule has 0 spiro atoms. The fourth-order valence-electron chi connectivity index (χ4n) is 6.82. The molecule has 3 aliphatic rings. The summed E-state index contributed by atoms with van der Waals surface area (Å²) in [4.78, 5) is 72.7. The summed E-state index contributed by atoms with van der Waals surface area (Å²) in [5, 5.41) is 8.85. The van der Waals surface area contributed by atoms with Gasteiger partial charge >= 0.3 is 6.03 Å². The van der Waals surface area contributed by atoms with Crippen LogP contribution in [-0.4, -0.2) is 76.0 Å². The lowest BCUT2D eigenvalue weighted by molar-refractivity contribution is -0.262. The molecule has 0 aromatic rings. The molecule has 1 aliphatic heterocycles. The van der Waals surface area contributed by atoms with Gasteiger partial charge in [-0.1, -0.05) is 67.2 Å². The Kier molecular flexibility index (Phi) is 11.7. The van der Waals surface area contributed by atoms with Crippen molar-refractivity contribution in [1.29, 1.82) is 0 Å². The average Bonchev–Trinajstić information content (AvgIpc) is 3.25. The van der Waals surface area contributed by atoms with Gasteiger partial charge in [-0.05, 0) is 62.7 Å². The molecule has 13 heteroatoms. The van der Waals surface area contributed by atoms with Gasteiger partial charge in [0.25, 0.3) is 5.91 Å². The molecule has 3 rings (SSSR count). The van der Waals surface area contributed by atoms with Crippen LogP contribution in [-0.2, 0) is 28.4 Å². The summed E-state index contributed by atoms with van der Waals surface area (Å²) >= 11 is 1.16. The molecular weight excluding hydrogens is 598 g/mol. The molecule has 5 atom stereocenters. The van der Waals surface area contributed by atoms with E-state index in [4.69, 9.17) is 15.0 Å². The largest absolute Gasteiger partial charge is 0.363 e. The summed E-state index contributed by atoms with van der Waals surface area (Å²) in [6.45, 7) is 17.6. The first kappa shape index (κ1) is 37.1. The Morgan fingerprint density at radius 2 is 1.62 bits per heavy atom. The molecule has 5 N–H and O–H groups in total. The Bertz CT molecular complexity index is 1130. The Balaban J connectivity index is 1.78. The number of rotatable bonds is 13. The number of fused-ring (bicyclic) bond motifs is 1. The smallest absolute Gasteiger partial charge is 0.315 e. The van der Waals surface area contributed by atoms with Crippen LogP contribution >= 0.6 is 12.0 Å². The van der Waals surface area contributed by atoms with E-state index in [-0.39, 0.29) is 29.6 Å². The highest BCUT2D eigenvalue weighted by Gasteiger charge is 2.70. The SMILES string of the molecule is CCCC(NC(=O)[C@@H]1[C@@H]2C(CN1C(=O)[C@@H](NC(=O)NC1(CSOOC(C)(C)C)CCCCC1)C(C)(C)C)C2(C)C)C(=O)C(N)=O. The van der Waals surface area contributed by atoms with Crippen LogP contribution < -0.4 is 21.7 Å². The van der Waals surface area contributed by atoms with Gasteiger partial charge in [-0.25, -0.2) is 9.68 Å². The standard InChI is InChI=1S/C32H55N5O7S/c1-10-14-20(23(38)25(33)39)34-26(40)22-21-19(31(21,8)9)17-37(22)27(41)24(29(2,3)4)35-28(42)36-32(15-12-11-13-16-32)18-45-44-43-30(5,6)7/h19-22,24H,10-18H2,1-9H3,(H2,33,39)(H,34,40)(H2,35,36,42)/t19?,20?,21-,22-,24+/m0/s1. The van der Waals surface area contributed by atoms with Gasteiger partial charge in [-0.15, -0.1) is 0 Å². The maximum absolute atomic E-state index is 14.3. The van der Waals surface area contributed by atoms with E-state index in [1.165, 1.54) is 0 Å². The summed E-state index contributed by atoms with van der Waals surface area (Å²) in [5.74, 6) is -2.33. The van der Waals surface area contributed by atoms with Gasteiger partial charge in [0.15, 0.2) is 0 Å². The van der Waals surface area contributed by atoms with Gasteiger partial charge in [-0.3, -0.25) is 19.2 Å². The Morgan fingerprint density at radius 1 is 1.00 bits per heavy atom. The Labute approximate surface area is 272 Å². The van der Waals surface area contributed by atoms with E-state index in [0.29, 0.717) is 18.7 Å². The molecule has 0 radical (unpaired) electrons. The second-order valence-corrected chi connectivity index (χ2v) is 16.4. The number of carbonyl (C=O) groups is 5. The highest BCUT2D eigenvalue weighted by Crippen LogP contribution is 2.65. The molecule has 5 amide bonds. The third kappa shape index (κ3) is 9.12. The van der Waals surface area contributed by atoms with Crippen LogP contribution in [0.1, 0.15) is 107 Å². The number of nitrogens with two attached hydrogens (primary N) is 1. The number of carbonyl (C=O) groups excluding carboxylic acids is 5. The fraction of sp³-hybridized carbons (Fsp3) is 0.844. The maximum Gasteiger partial charge on any atom is 0.315 e. The van der Waals surface area contributed by atoms with E-state index >= 15 is 0 Å². The summed E-state index contributed by atoms with van der Waals surface area (Å²) in [7, 11) is 0. The zero-order chi connectivity index (χ0) is 34.0. The van der Waals surface area contributed by atoms with Crippen molar-refractivity contribution >= 4 is 41.6 Å². The third-order valence-corrected chi connectivity index (χ3v) is 10.3. The van der Waals surface area contributed by atoms with Crippen molar-refractivity contribution in [3.63, 3.8) is 0 Å². The molecular formula is C32H55N5O7S. The number of hydrogen-bond donors (Lipinski definition) is 4. The predicted molar refractivity (Wildman–Crippen MR) is 172 cm³/mol. The van der Waals surface area contributed by atoms with Crippen LogP contribution in [0.4, 0.5) is 4.79 Å². The van der Waals surface area contributed by atoms with E-state index in [9.17, 15) is 24.0 Å². The van der Waals surface area contributed by atoms with Gasteiger partial charge in [0.2, 0.25) is 17.6 Å². The normalized spacial score (nSPS) is 25.0. The number of nitrogens with one attached hydrogen (secondary N) is 3. The van der Waals surface area contributed by atoms with Gasteiger partial charge < -0.3 is 26.6 Å². The molecule has 256 valence electrons. The average molecular weight is 654 g/mol. The maximum atomic E-state index is 14.3. The number of amides is 5. The number of urea groups is 1. The topological polar surface area (TPSA) is 169 Å². The Hall–Kier alpha value is -2.38. The minimum absolute atomic E-state index is 0.0981. The molecule has 0 aromatic carbocycles. The molecule has 0 aromatic heterocycles. The number of nitrogens with zero attached hydrogens (tertiary/aromatic N) is 1. The molecule has 12 nitrogen and oxygen atoms in total. The van der Waals surface area contributed by atoms with Crippen LogP contribution in [0, 0.1) is 22.7 Å². The van der Waals surface area contributed by atoms with Crippen LogP contribution in [0.3, 0.4) is 0 Å². The lowest BCUT2D eigenvalue weighted by Gasteiger charge is -2.40. The first-order valence-electron chi connectivity index (χ1n) is 16.2. The van der Waals surface area contributed by atoms with Crippen LogP contribution in [0.5, 0.6) is 0 Å². The van der Waals surface area contributed by atoms with Gasteiger partial charge in [0, 0.05) is 24.3 Å². The van der Waals surface area contributed by atoms with Crippen molar-refractivity contribution < 1.29 is 33.2 Å². The second-order valence-electron chi connectivity index (χ2n) is 15.7. The number of Topliss-reactive ketones (excluding diaryl/α,β-unsaturated/α-hetero) is 1. The number of likely N-dealkylation sites (tertiary alicyclic amines) is 1. The lowest BCUT2D eigenvalue weighted by atomic mass is 9.83. The number of piperidine rings is 1. The van der Waals surface area contributed by atoms with Gasteiger partial charge in [0.1, 0.15) is 12.1 Å². The minimum Gasteiger partial charge on any atom is -0.363 e. The van der Waals surface area contributed by atoms with Crippen LogP contribution in [0.25, 0.3) is 0 Å². The van der Waals surface area contributed by atoms with Crippen molar-refractivity contribution in [2.45, 2.75) is 137 Å². The summed E-state index contributed by atoms with van der Waals surface area (Å²) in [6, 6.07) is -3.28. The highest BCUT2D eigenvalue weighted by atomic mass is 32.2. The second kappa shape index (κ2) is 14.2. The van der Waals surface area contributed by atoms with Gasteiger partial charge in [0.05, 0.1) is 17.2 Å². The monoisotopic (exact) mass is 653 g/mol. The predicted octanol–water partition coefficient (Wildman–Crippen LogP) is 3.62. The van der Waals surface area contributed by atoms with Crippen molar-refractivity contribution in [2.75, 3.05) is 12.3 Å². The molecule has 3 fully saturated rings. The van der Waals surface area contributed by atoms with E-state index in [0.717, 1.165) is 44.1 Å². The molecule has 2 saturated carbocycles. The molecule has 1 saturated heterocycles. The van der Waals surface area contributed by atoms with Crippen LogP contribution in [0.15, 0.2) is 0 Å². The minimum atomic E-state index is -1.11. The molecule has 1 heterocycles. The first-order chi connectivity index (χ1) is 20.7. The van der Waals surface area contributed by atoms with E-state index in [2.05, 4.69) is 29.8 Å². The van der Waals surface area contributed by atoms with E-state index in [1.54, 1.807) is 4.90 Å². The van der Waals surface area contributed by atoms with E-state index in [1.807, 2.05) is 48.5 Å². The van der Waals surface area contributed by atoms with Crippen LogP contribution in [0.2, 0.25) is 0 Å². The molecule has 0 bridgehead atoms. The van der Waals surface area contributed by atoms with Crippen molar-refractivity contribution in [1.82, 2.24) is 20.9 Å². The first-order valence-corrected chi connectivity index (χ1v) is 17.2. The summed E-state index contributed by atoms with van der Waals surface area (Å²) < 4.78 is 5.38. The summed E-state index contributed by atoms with van der Waals surface area (Å²) in [5.41, 5.74) is 3.41. The third-order valence-electron chi connectivity index (χ3n) is 9.46. The number of hydrogen-bond acceptors (Lipinski definition) is 8. The van der Waals surface area contributed by atoms with Gasteiger partial charge in [-0.2, -0.15) is 4.33 Å². The quantitative estimate of drug-likeness (QED) is 0.0768. The molecule has 2 unspecified atom stereocenters. The number of primary amides is 1. The highest BCUT2D eigenvalue weighted by molar-refractivity contribution is 7.94. The number of ketones is 1. The van der Waals surface area contributed by atoms with E-state index < -0.39 is 58.3 Å². The van der Waals surface area contributed by atoms with Crippen molar-refractivity contribution in [3.05, 3.63) is 0 Å². The zero-order valence-corrected chi connectivity index (χ0v) is 29.4. The van der Waals surface area contributed by atoms with Crippen molar-refractivity contribution in [2.24, 2.45) is 28.4 Å². The molecule has 45 heavy (non-hydrogen) atoms. The Morgan fingerprint density at radius 3 is 2.16 bits per heavy atom. The summed E-state index contributed by atoms with van der Waals surface area (Å²) in [6.07, 6.45) is 5.36. The lowest BCUT2D eigenvalue weighted by Crippen LogP contribution is -2.63. The zero-order valence-electron chi connectivity index (χ0n) is 28.5. The molecule has 2 aliphatic carbocycles. The van der Waals surface area contributed by atoms with Crippen molar-refractivity contribution in [3.8, 4) is 0 Å². The fourth-order valence-corrected chi connectivity index (χ4v) is 7.71.